The van der Waals surface area contributed by atoms with E-state index in [-0.39, 0.29) is 0 Å². The highest BCUT2D eigenvalue weighted by molar-refractivity contribution is 6.17. The van der Waals surface area contributed by atoms with Gasteiger partial charge in [-0.2, -0.15) is 0 Å². The summed E-state index contributed by atoms with van der Waals surface area (Å²) in [6, 6.07) is 8.23. The molecule has 0 aliphatic heterocycles. The van der Waals surface area contributed by atoms with Gasteiger partial charge in [-0.05, 0) is 25.5 Å². The van der Waals surface area contributed by atoms with Crippen LogP contribution in [0.25, 0.3) is 10.8 Å². The molecule has 0 aliphatic carbocycles. The van der Waals surface area contributed by atoms with Crippen LogP contribution in [0.5, 0.6) is 5.75 Å². The highest BCUT2D eigenvalue weighted by Crippen LogP contribution is 2.29. The van der Waals surface area contributed by atoms with E-state index in [2.05, 4.69) is 17.2 Å². The number of rotatable bonds is 5. The molecule has 3 nitrogen and oxygen atoms in total. The molecule has 1 unspecified atom stereocenters. The van der Waals surface area contributed by atoms with Crippen molar-refractivity contribution in [2.45, 2.75) is 19.4 Å². The monoisotopic (exact) mass is 264 g/mol. The Morgan fingerprint density at radius 1 is 1.33 bits per heavy atom. The van der Waals surface area contributed by atoms with Gasteiger partial charge in [0.25, 0.3) is 0 Å². The first-order valence-electron chi connectivity index (χ1n) is 6.00. The zero-order valence-corrected chi connectivity index (χ0v) is 11.4. The molecule has 0 saturated carbocycles. The van der Waals surface area contributed by atoms with Crippen molar-refractivity contribution in [3.63, 3.8) is 0 Å². The van der Waals surface area contributed by atoms with Crippen molar-refractivity contribution in [2.75, 3.05) is 18.3 Å². The lowest BCUT2D eigenvalue weighted by Gasteiger charge is -2.15. The summed E-state index contributed by atoms with van der Waals surface area (Å²) in [5, 5.41) is 5.52. The molecular formula is C14H17ClN2O. The fourth-order valence-corrected chi connectivity index (χ4v) is 2.27. The Morgan fingerprint density at radius 2 is 2.17 bits per heavy atom. The minimum absolute atomic E-state index is 0.298. The highest BCUT2D eigenvalue weighted by Gasteiger charge is 2.08. The van der Waals surface area contributed by atoms with E-state index in [0.717, 1.165) is 28.8 Å². The predicted molar refractivity (Wildman–Crippen MR) is 76.7 cm³/mol. The maximum Gasteiger partial charge on any atom is 0.134 e. The molecule has 1 aromatic heterocycles. The topological polar surface area (TPSA) is 34.1 Å². The Hall–Kier alpha value is -1.48. The van der Waals surface area contributed by atoms with Crippen molar-refractivity contribution in [1.29, 1.82) is 0 Å². The van der Waals surface area contributed by atoms with E-state index in [4.69, 9.17) is 16.3 Å². The fraction of sp³-hybridized carbons (Fsp3) is 0.357. The third-order valence-electron chi connectivity index (χ3n) is 2.91. The number of nitrogens with one attached hydrogen (secondary N) is 1. The third kappa shape index (κ3) is 2.67. The van der Waals surface area contributed by atoms with Crippen LogP contribution in [0.3, 0.4) is 0 Å². The zero-order chi connectivity index (χ0) is 13.0. The molecule has 18 heavy (non-hydrogen) atoms. The van der Waals surface area contributed by atoms with Crippen molar-refractivity contribution < 1.29 is 4.74 Å². The summed E-state index contributed by atoms with van der Waals surface area (Å²) < 4.78 is 5.36. The predicted octanol–water partition coefficient (Wildman–Crippen LogP) is 3.67. The normalized spacial score (nSPS) is 12.4. The van der Waals surface area contributed by atoms with Gasteiger partial charge in [0.05, 0.1) is 7.11 Å². The zero-order valence-electron chi connectivity index (χ0n) is 10.6. The third-order valence-corrected chi connectivity index (χ3v) is 3.13. The molecule has 1 aromatic carbocycles. The largest absolute Gasteiger partial charge is 0.496 e. The molecule has 0 saturated heterocycles. The highest BCUT2D eigenvalue weighted by atomic mass is 35.5. The van der Waals surface area contributed by atoms with E-state index in [0.29, 0.717) is 11.9 Å². The SMILES string of the molecule is COc1cccc2c(NC(C)CCCl)nccc12. The van der Waals surface area contributed by atoms with Crippen molar-refractivity contribution >= 4 is 28.2 Å². The molecule has 2 aromatic rings. The van der Waals surface area contributed by atoms with Gasteiger partial charge in [0.15, 0.2) is 0 Å². The number of fused-ring (bicyclic) bond motifs is 1. The number of methoxy groups -OCH3 is 1. The summed E-state index contributed by atoms with van der Waals surface area (Å²) in [4.78, 5) is 4.39. The number of anilines is 1. The fourth-order valence-electron chi connectivity index (χ4n) is 1.94. The number of hydrogen-bond donors (Lipinski definition) is 1. The molecule has 2 rings (SSSR count). The molecule has 0 bridgehead atoms. The lowest BCUT2D eigenvalue weighted by molar-refractivity contribution is 0.420. The van der Waals surface area contributed by atoms with E-state index >= 15 is 0 Å². The van der Waals surface area contributed by atoms with Gasteiger partial charge in [0.1, 0.15) is 11.6 Å². The Morgan fingerprint density at radius 3 is 2.89 bits per heavy atom. The standard InChI is InChI=1S/C14H17ClN2O/c1-10(6-8-15)17-14-12-4-3-5-13(18-2)11(12)7-9-16-14/h3-5,7,9-10H,6,8H2,1-2H3,(H,16,17). The van der Waals surface area contributed by atoms with Crippen LogP contribution in [-0.4, -0.2) is 24.0 Å². The average molecular weight is 265 g/mol. The Kier molecular flexibility index (Phi) is 4.26. The van der Waals surface area contributed by atoms with Gasteiger partial charge in [-0.15, -0.1) is 11.6 Å². The summed E-state index contributed by atoms with van der Waals surface area (Å²) in [6.45, 7) is 2.10. The van der Waals surface area contributed by atoms with Crippen molar-refractivity contribution in [1.82, 2.24) is 4.98 Å². The summed E-state index contributed by atoms with van der Waals surface area (Å²) in [5.74, 6) is 2.38. The maximum absolute atomic E-state index is 5.75. The van der Waals surface area contributed by atoms with Gasteiger partial charge >= 0.3 is 0 Å². The number of hydrogen-bond acceptors (Lipinski definition) is 3. The van der Waals surface area contributed by atoms with E-state index in [1.54, 1.807) is 13.3 Å². The molecule has 4 heteroatoms. The molecule has 96 valence electrons. The molecule has 0 aliphatic rings. The van der Waals surface area contributed by atoms with E-state index in [1.807, 2.05) is 24.3 Å². The van der Waals surface area contributed by atoms with Crippen LogP contribution in [0.4, 0.5) is 5.82 Å². The first kappa shape index (κ1) is 13.0. The summed E-state index contributed by atoms with van der Waals surface area (Å²) in [7, 11) is 1.68. The van der Waals surface area contributed by atoms with E-state index in [1.165, 1.54) is 0 Å². The summed E-state index contributed by atoms with van der Waals surface area (Å²) >= 11 is 5.75. The molecule has 0 radical (unpaired) electrons. The van der Waals surface area contributed by atoms with Gasteiger partial charge in [-0.1, -0.05) is 12.1 Å². The van der Waals surface area contributed by atoms with Crippen LogP contribution in [0.2, 0.25) is 0 Å². The maximum atomic E-state index is 5.75. The first-order valence-corrected chi connectivity index (χ1v) is 6.54. The second-order valence-corrected chi connectivity index (χ2v) is 4.62. The second-order valence-electron chi connectivity index (χ2n) is 4.24. The number of aromatic nitrogens is 1. The second kappa shape index (κ2) is 5.91. The molecule has 1 atom stereocenters. The number of alkyl halides is 1. The van der Waals surface area contributed by atoms with Crippen LogP contribution in [-0.2, 0) is 0 Å². The Bertz CT molecular complexity index is 530. The van der Waals surface area contributed by atoms with Gasteiger partial charge in [-0.25, -0.2) is 4.98 Å². The van der Waals surface area contributed by atoms with Crippen LogP contribution in [0.15, 0.2) is 30.5 Å². The number of halogens is 1. The van der Waals surface area contributed by atoms with Gasteiger partial charge in [-0.3, -0.25) is 0 Å². The van der Waals surface area contributed by atoms with Crippen molar-refractivity contribution in [3.8, 4) is 5.75 Å². The summed E-state index contributed by atoms with van der Waals surface area (Å²) in [5.41, 5.74) is 0. The van der Waals surface area contributed by atoms with Crippen LogP contribution in [0, 0.1) is 0 Å². The molecule has 0 amide bonds. The Balaban J connectivity index is 2.39. The average Bonchev–Trinajstić information content (AvgIpc) is 2.38. The van der Waals surface area contributed by atoms with Crippen molar-refractivity contribution in [2.24, 2.45) is 0 Å². The quantitative estimate of drug-likeness (QED) is 0.837. The van der Waals surface area contributed by atoms with Gasteiger partial charge in [0, 0.05) is 28.9 Å². The van der Waals surface area contributed by atoms with Crippen molar-refractivity contribution in [3.05, 3.63) is 30.5 Å². The number of benzene rings is 1. The lowest BCUT2D eigenvalue weighted by atomic mass is 10.1. The molecular weight excluding hydrogens is 248 g/mol. The minimum atomic E-state index is 0.298. The number of pyridine rings is 1. The minimum Gasteiger partial charge on any atom is -0.496 e. The first-order chi connectivity index (χ1) is 8.76. The summed E-state index contributed by atoms with van der Waals surface area (Å²) in [6.07, 6.45) is 2.70. The van der Waals surface area contributed by atoms with E-state index < -0.39 is 0 Å². The molecule has 0 fully saturated rings. The van der Waals surface area contributed by atoms with Gasteiger partial charge in [0.2, 0.25) is 0 Å². The molecule has 0 spiro atoms. The number of ether oxygens (including phenoxy) is 1. The number of nitrogens with zero attached hydrogens (tertiary/aromatic N) is 1. The van der Waals surface area contributed by atoms with Crippen LogP contribution in [0.1, 0.15) is 13.3 Å². The molecule has 1 heterocycles. The van der Waals surface area contributed by atoms with E-state index in [9.17, 15) is 0 Å². The lowest BCUT2D eigenvalue weighted by Crippen LogP contribution is -2.16. The Labute approximate surface area is 112 Å². The smallest absolute Gasteiger partial charge is 0.134 e. The molecule has 1 N–H and O–H groups in total. The van der Waals surface area contributed by atoms with Crippen LogP contribution >= 0.6 is 11.6 Å². The van der Waals surface area contributed by atoms with Crippen LogP contribution < -0.4 is 10.1 Å². The van der Waals surface area contributed by atoms with Gasteiger partial charge < -0.3 is 10.1 Å².